The highest BCUT2D eigenvalue weighted by molar-refractivity contribution is 5.69. The molecule has 1 saturated heterocycles. The summed E-state index contributed by atoms with van der Waals surface area (Å²) in [6.45, 7) is 10.8. The van der Waals surface area contributed by atoms with Crippen molar-refractivity contribution in [2.45, 2.75) is 78.8 Å². The van der Waals surface area contributed by atoms with E-state index in [9.17, 15) is 4.79 Å². The summed E-state index contributed by atoms with van der Waals surface area (Å²) in [6.07, 6.45) is 3.51. The van der Waals surface area contributed by atoms with Crippen molar-refractivity contribution in [1.82, 2.24) is 0 Å². The molecule has 4 heteroatoms. The van der Waals surface area contributed by atoms with Crippen LogP contribution in [0.1, 0.15) is 60.3 Å². The fourth-order valence-corrected chi connectivity index (χ4v) is 2.60. The Bertz CT molecular complexity index is 292. The van der Waals surface area contributed by atoms with Gasteiger partial charge in [0.1, 0.15) is 0 Å². The van der Waals surface area contributed by atoms with Crippen LogP contribution < -0.4 is 0 Å². The van der Waals surface area contributed by atoms with E-state index in [4.69, 9.17) is 14.2 Å². The fourth-order valence-electron chi connectivity index (χ4n) is 2.60. The van der Waals surface area contributed by atoms with E-state index in [1.807, 2.05) is 13.8 Å². The van der Waals surface area contributed by atoms with E-state index in [-0.39, 0.29) is 24.5 Å². The molecule has 5 atom stereocenters. The molecule has 0 N–H and O–H groups in total. The van der Waals surface area contributed by atoms with Gasteiger partial charge in [0.25, 0.3) is 0 Å². The van der Waals surface area contributed by atoms with Crippen molar-refractivity contribution in [3.63, 3.8) is 0 Å². The molecule has 0 saturated carbocycles. The number of hydrogen-bond donors (Lipinski definition) is 0. The van der Waals surface area contributed by atoms with Crippen molar-refractivity contribution >= 4 is 5.97 Å². The zero-order valence-electron chi connectivity index (χ0n) is 13.6. The van der Waals surface area contributed by atoms with Crippen LogP contribution in [0.15, 0.2) is 0 Å². The van der Waals surface area contributed by atoms with Crippen LogP contribution in [0.5, 0.6) is 0 Å². The smallest absolute Gasteiger partial charge is 0.305 e. The van der Waals surface area contributed by atoms with Crippen LogP contribution >= 0.6 is 0 Å². The van der Waals surface area contributed by atoms with Crippen LogP contribution in [0, 0.1) is 11.8 Å². The summed E-state index contributed by atoms with van der Waals surface area (Å²) in [6, 6.07) is 0. The molecule has 0 unspecified atom stereocenters. The summed E-state index contributed by atoms with van der Waals surface area (Å²) < 4.78 is 16.8. The van der Waals surface area contributed by atoms with Crippen LogP contribution in [-0.2, 0) is 19.0 Å². The predicted octanol–water partition coefficient (Wildman–Crippen LogP) is 3.53. The molecule has 0 radical (unpaired) electrons. The predicted molar refractivity (Wildman–Crippen MR) is 78.3 cm³/mol. The summed E-state index contributed by atoms with van der Waals surface area (Å²) in [7, 11) is 0. The molecule has 1 aliphatic heterocycles. The molecule has 0 spiro atoms. The topological polar surface area (TPSA) is 44.8 Å². The van der Waals surface area contributed by atoms with Gasteiger partial charge in [-0.05, 0) is 46.0 Å². The maximum atomic E-state index is 11.3. The van der Waals surface area contributed by atoms with Gasteiger partial charge in [0.05, 0.1) is 18.8 Å². The molecule has 0 aromatic rings. The lowest BCUT2D eigenvalue weighted by atomic mass is 9.90. The number of carbonyl (C=O) groups excluding carboxylic acids is 1. The molecule has 1 rings (SSSR count). The van der Waals surface area contributed by atoms with Crippen molar-refractivity contribution in [2.75, 3.05) is 6.61 Å². The molecule has 0 bridgehead atoms. The molecule has 1 heterocycles. The van der Waals surface area contributed by atoms with Crippen molar-refractivity contribution < 1.29 is 19.0 Å². The monoisotopic (exact) mass is 286 g/mol. The third kappa shape index (κ3) is 5.80. The van der Waals surface area contributed by atoms with Crippen LogP contribution in [0.2, 0.25) is 0 Å². The van der Waals surface area contributed by atoms with Gasteiger partial charge in [-0.2, -0.15) is 0 Å². The van der Waals surface area contributed by atoms with Gasteiger partial charge in [0.2, 0.25) is 0 Å². The number of esters is 1. The quantitative estimate of drug-likeness (QED) is 0.672. The highest BCUT2D eigenvalue weighted by Crippen LogP contribution is 2.30. The zero-order chi connectivity index (χ0) is 15.1. The van der Waals surface area contributed by atoms with Crippen molar-refractivity contribution in [1.29, 1.82) is 0 Å². The second-order valence-corrected chi connectivity index (χ2v) is 6.04. The third-order valence-corrected chi connectivity index (χ3v) is 4.02. The van der Waals surface area contributed by atoms with Crippen molar-refractivity contribution in [3.8, 4) is 0 Å². The summed E-state index contributed by atoms with van der Waals surface area (Å²) in [5.74, 6) is 0.891. The summed E-state index contributed by atoms with van der Waals surface area (Å²) in [5, 5.41) is 0. The first-order valence-corrected chi connectivity index (χ1v) is 7.90. The molecule has 20 heavy (non-hydrogen) atoms. The molecule has 118 valence electrons. The SMILES string of the molecule is CCOC(=O)CCC[C@@H](C)O[C@@H]1O[C@@H](C)[C@H](C)C[C@H]1C. The number of carbonyl (C=O) groups is 1. The average Bonchev–Trinajstić information content (AvgIpc) is 2.36. The van der Waals surface area contributed by atoms with Gasteiger partial charge in [-0.1, -0.05) is 13.8 Å². The van der Waals surface area contributed by atoms with E-state index in [0.717, 1.165) is 19.3 Å². The summed E-state index contributed by atoms with van der Waals surface area (Å²) in [5.41, 5.74) is 0. The van der Waals surface area contributed by atoms with Crippen molar-refractivity contribution in [3.05, 3.63) is 0 Å². The Morgan fingerprint density at radius 3 is 2.65 bits per heavy atom. The second kappa shape index (κ2) is 8.63. The van der Waals surface area contributed by atoms with Gasteiger partial charge < -0.3 is 14.2 Å². The van der Waals surface area contributed by atoms with E-state index < -0.39 is 0 Å². The third-order valence-electron chi connectivity index (χ3n) is 4.02. The Morgan fingerprint density at radius 2 is 2.00 bits per heavy atom. The first-order chi connectivity index (χ1) is 9.43. The molecular formula is C16H30O4. The van der Waals surface area contributed by atoms with Crippen molar-refractivity contribution in [2.24, 2.45) is 11.8 Å². The second-order valence-electron chi connectivity index (χ2n) is 6.04. The zero-order valence-corrected chi connectivity index (χ0v) is 13.6. The van der Waals surface area contributed by atoms with Crippen LogP contribution in [-0.4, -0.2) is 31.1 Å². The normalized spacial score (nSPS) is 31.9. The molecule has 1 aliphatic rings. The molecule has 1 fully saturated rings. The van der Waals surface area contributed by atoms with E-state index in [1.165, 1.54) is 0 Å². The fraction of sp³-hybridized carbons (Fsp3) is 0.938. The Morgan fingerprint density at radius 1 is 1.30 bits per heavy atom. The highest BCUT2D eigenvalue weighted by atomic mass is 16.7. The average molecular weight is 286 g/mol. The first-order valence-electron chi connectivity index (χ1n) is 7.90. The van der Waals surface area contributed by atoms with E-state index in [1.54, 1.807) is 0 Å². The van der Waals surface area contributed by atoms with E-state index in [0.29, 0.717) is 24.9 Å². The minimum Gasteiger partial charge on any atom is -0.466 e. The van der Waals surface area contributed by atoms with Crippen LogP contribution in [0.4, 0.5) is 0 Å². The van der Waals surface area contributed by atoms with E-state index >= 15 is 0 Å². The molecule has 0 aromatic carbocycles. The van der Waals surface area contributed by atoms with E-state index in [2.05, 4.69) is 20.8 Å². The molecule has 0 amide bonds. The lowest BCUT2D eigenvalue weighted by Crippen LogP contribution is -2.40. The molecular weight excluding hydrogens is 256 g/mol. The Kier molecular flexibility index (Phi) is 7.52. The van der Waals surface area contributed by atoms with Crippen LogP contribution in [0.3, 0.4) is 0 Å². The summed E-state index contributed by atoms with van der Waals surface area (Å²) >= 11 is 0. The Labute approximate surface area is 123 Å². The summed E-state index contributed by atoms with van der Waals surface area (Å²) in [4.78, 5) is 11.3. The Hall–Kier alpha value is -0.610. The van der Waals surface area contributed by atoms with Gasteiger partial charge in [0, 0.05) is 12.3 Å². The van der Waals surface area contributed by atoms with Gasteiger partial charge >= 0.3 is 5.97 Å². The molecule has 4 nitrogen and oxygen atoms in total. The number of hydrogen-bond acceptors (Lipinski definition) is 4. The lowest BCUT2D eigenvalue weighted by Gasteiger charge is -2.38. The number of rotatable bonds is 7. The van der Waals surface area contributed by atoms with Gasteiger partial charge in [-0.15, -0.1) is 0 Å². The largest absolute Gasteiger partial charge is 0.466 e. The van der Waals surface area contributed by atoms with Gasteiger partial charge in [-0.25, -0.2) is 0 Å². The maximum Gasteiger partial charge on any atom is 0.305 e. The first kappa shape index (κ1) is 17.4. The maximum absolute atomic E-state index is 11.3. The standard InChI is InChI=1S/C16H30O4/c1-6-18-15(17)9-7-8-13(4)19-16-12(3)10-11(2)14(5)20-16/h11-14,16H,6-10H2,1-5H3/t11-,12-,13-,14+,16-/m1/s1. The van der Waals surface area contributed by atoms with Crippen LogP contribution in [0.25, 0.3) is 0 Å². The van der Waals surface area contributed by atoms with Gasteiger partial charge in [-0.3, -0.25) is 4.79 Å². The minimum absolute atomic E-state index is 0.109. The minimum atomic E-state index is -0.121. The van der Waals surface area contributed by atoms with Gasteiger partial charge in [0.15, 0.2) is 6.29 Å². The Balaban J connectivity index is 2.24. The molecule has 0 aromatic heterocycles. The number of ether oxygens (including phenoxy) is 3. The highest BCUT2D eigenvalue weighted by Gasteiger charge is 2.32. The molecule has 0 aliphatic carbocycles. The lowest BCUT2D eigenvalue weighted by molar-refractivity contribution is -0.244.